The second-order valence-corrected chi connectivity index (χ2v) is 8.49. The molecule has 0 atom stereocenters. The molecule has 1 aliphatic rings. The number of benzene rings is 2. The molecule has 32 heavy (non-hydrogen) atoms. The van der Waals surface area contributed by atoms with E-state index in [-0.39, 0.29) is 5.92 Å². The number of nitrogens with zero attached hydrogens (tertiary/aromatic N) is 3. The molecule has 1 saturated heterocycles. The maximum absolute atomic E-state index is 12.0. The lowest BCUT2D eigenvalue weighted by atomic mass is 9.97. The summed E-state index contributed by atoms with van der Waals surface area (Å²) in [6, 6.07) is 12.4. The highest BCUT2D eigenvalue weighted by Gasteiger charge is 2.30. The summed E-state index contributed by atoms with van der Waals surface area (Å²) >= 11 is 12.6. The van der Waals surface area contributed by atoms with Gasteiger partial charge in [0.1, 0.15) is 11.4 Å². The highest BCUT2D eigenvalue weighted by Crippen LogP contribution is 2.40. The van der Waals surface area contributed by atoms with Crippen molar-refractivity contribution in [1.82, 2.24) is 14.9 Å². The number of halogens is 2. The number of hydrogen-bond donors (Lipinski definition) is 1. The lowest BCUT2D eigenvalue weighted by Crippen LogP contribution is -2.43. The Labute approximate surface area is 196 Å². The van der Waals surface area contributed by atoms with E-state index in [1.165, 1.54) is 7.05 Å². The van der Waals surface area contributed by atoms with Crippen molar-refractivity contribution >= 4 is 29.2 Å². The molecule has 0 radical (unpaired) electrons. The Balaban J connectivity index is 1.69. The van der Waals surface area contributed by atoms with Crippen LogP contribution in [-0.4, -0.2) is 53.4 Å². The molecule has 0 saturated carbocycles. The first-order chi connectivity index (χ1) is 15.4. The van der Waals surface area contributed by atoms with Gasteiger partial charge in [0.2, 0.25) is 0 Å². The zero-order valence-electron chi connectivity index (χ0n) is 17.7. The van der Waals surface area contributed by atoms with E-state index in [1.54, 1.807) is 24.1 Å². The van der Waals surface area contributed by atoms with Crippen LogP contribution in [0.3, 0.4) is 0 Å². The number of ether oxygens (including phenoxy) is 1. The minimum atomic E-state index is -0.414. The number of carbonyl (C=O) groups excluding carboxylic acids is 1. The van der Waals surface area contributed by atoms with Crippen LogP contribution in [0.2, 0.25) is 10.0 Å². The molecule has 0 unspecified atom stereocenters. The van der Waals surface area contributed by atoms with Crippen molar-refractivity contribution in [3.8, 4) is 28.3 Å². The fraction of sp³-hybridized carbons (Fsp3) is 0.304. The van der Waals surface area contributed by atoms with E-state index in [4.69, 9.17) is 37.3 Å². The third-order valence-electron chi connectivity index (χ3n) is 5.57. The number of hydroxylamine groups is 2. The number of carbonyl (C=O) groups is 1. The summed E-state index contributed by atoms with van der Waals surface area (Å²) in [4.78, 5) is 18.5. The summed E-state index contributed by atoms with van der Waals surface area (Å²) in [5, 5.41) is 11.0. The molecule has 2 amide bonds. The summed E-state index contributed by atoms with van der Waals surface area (Å²) in [7, 11) is 2.94. The number of rotatable bonds is 4. The first kappa shape index (κ1) is 22.5. The smallest absolute Gasteiger partial charge is 0.343 e. The molecule has 0 aliphatic carbocycles. The first-order valence-electron chi connectivity index (χ1n) is 10.2. The lowest BCUT2D eigenvalue weighted by Gasteiger charge is -2.31. The quantitative estimate of drug-likeness (QED) is 0.372. The van der Waals surface area contributed by atoms with Crippen LogP contribution in [0, 0.1) is 0 Å². The Kier molecular flexibility index (Phi) is 6.60. The normalized spacial score (nSPS) is 14.5. The number of urea groups is 1. The van der Waals surface area contributed by atoms with Gasteiger partial charge in [-0.05, 0) is 55.3 Å². The van der Waals surface area contributed by atoms with Crippen molar-refractivity contribution in [2.24, 2.45) is 0 Å². The number of oxazole rings is 1. The van der Waals surface area contributed by atoms with Gasteiger partial charge in [-0.2, -0.15) is 0 Å². The molecule has 4 rings (SSSR count). The van der Waals surface area contributed by atoms with Crippen molar-refractivity contribution in [1.29, 1.82) is 0 Å². The Hall–Kier alpha value is -2.74. The van der Waals surface area contributed by atoms with Crippen LogP contribution in [0.1, 0.15) is 24.7 Å². The van der Waals surface area contributed by atoms with Crippen LogP contribution in [0.4, 0.5) is 4.79 Å². The predicted molar refractivity (Wildman–Crippen MR) is 122 cm³/mol. The first-order valence-corrected chi connectivity index (χ1v) is 10.9. The summed E-state index contributed by atoms with van der Waals surface area (Å²) in [6.07, 6.45) is 1.35. The number of methoxy groups -OCH3 is 1. The standard InChI is InChI=1S/C23H23Cl2N3O4/c1-27(30)23(29)28-11-9-15(10-12-28)22-26-20(14-3-6-17(31-2)7-4-14)21(32-22)18-8-5-16(24)13-19(18)25/h3-8,13,15,30H,9-12H2,1-2H3. The third kappa shape index (κ3) is 4.55. The van der Waals surface area contributed by atoms with Gasteiger partial charge >= 0.3 is 6.03 Å². The maximum atomic E-state index is 12.0. The van der Waals surface area contributed by atoms with Crippen molar-refractivity contribution < 1.29 is 19.2 Å². The molecule has 0 bridgehead atoms. The molecule has 1 aromatic heterocycles. The van der Waals surface area contributed by atoms with Crippen LogP contribution >= 0.6 is 23.2 Å². The minimum Gasteiger partial charge on any atom is -0.497 e. The second kappa shape index (κ2) is 9.40. The molecule has 2 heterocycles. The van der Waals surface area contributed by atoms with Crippen molar-refractivity contribution in [2.45, 2.75) is 18.8 Å². The van der Waals surface area contributed by atoms with Crippen molar-refractivity contribution in [3.05, 3.63) is 58.4 Å². The SMILES string of the molecule is COc1ccc(-c2nc(C3CCN(C(=O)N(C)O)CC3)oc2-c2ccc(Cl)cc2Cl)cc1. The zero-order valence-corrected chi connectivity index (χ0v) is 19.2. The minimum absolute atomic E-state index is 0.0415. The molecule has 9 heteroatoms. The van der Waals surface area contributed by atoms with Crippen LogP contribution < -0.4 is 4.74 Å². The number of aromatic nitrogens is 1. The average molecular weight is 476 g/mol. The lowest BCUT2D eigenvalue weighted by molar-refractivity contribution is -0.0358. The molecular formula is C23H23Cl2N3O4. The molecule has 7 nitrogen and oxygen atoms in total. The fourth-order valence-corrected chi connectivity index (χ4v) is 4.33. The summed E-state index contributed by atoms with van der Waals surface area (Å²) in [5.74, 6) is 1.95. The van der Waals surface area contributed by atoms with Gasteiger partial charge in [0.05, 0.1) is 12.1 Å². The van der Waals surface area contributed by atoms with E-state index in [0.29, 0.717) is 63.9 Å². The van der Waals surface area contributed by atoms with Gasteiger partial charge in [0.15, 0.2) is 11.7 Å². The van der Waals surface area contributed by atoms with Gasteiger partial charge in [0, 0.05) is 42.2 Å². The van der Waals surface area contributed by atoms with E-state index in [1.807, 2.05) is 30.3 Å². The Bertz CT molecular complexity index is 1110. The van der Waals surface area contributed by atoms with Gasteiger partial charge in [-0.1, -0.05) is 23.2 Å². The maximum Gasteiger partial charge on any atom is 0.343 e. The van der Waals surface area contributed by atoms with Gasteiger partial charge < -0.3 is 14.1 Å². The fourth-order valence-electron chi connectivity index (χ4n) is 3.83. The molecule has 2 aromatic carbocycles. The zero-order chi connectivity index (χ0) is 22.8. The molecular weight excluding hydrogens is 453 g/mol. The van der Waals surface area contributed by atoms with E-state index < -0.39 is 6.03 Å². The largest absolute Gasteiger partial charge is 0.497 e. The van der Waals surface area contributed by atoms with Crippen molar-refractivity contribution in [3.63, 3.8) is 0 Å². The summed E-state index contributed by atoms with van der Waals surface area (Å²) < 4.78 is 11.5. The second-order valence-electron chi connectivity index (χ2n) is 7.65. The van der Waals surface area contributed by atoms with E-state index in [9.17, 15) is 10.0 Å². The Morgan fingerprint density at radius 2 is 1.88 bits per heavy atom. The van der Waals surface area contributed by atoms with Crippen LogP contribution in [-0.2, 0) is 0 Å². The van der Waals surface area contributed by atoms with Gasteiger partial charge in [-0.25, -0.2) is 14.8 Å². The summed E-state index contributed by atoms with van der Waals surface area (Å²) in [6.45, 7) is 1.01. The highest BCUT2D eigenvalue weighted by molar-refractivity contribution is 6.36. The van der Waals surface area contributed by atoms with Crippen LogP contribution in [0.5, 0.6) is 5.75 Å². The van der Waals surface area contributed by atoms with E-state index in [0.717, 1.165) is 11.3 Å². The summed E-state index contributed by atoms with van der Waals surface area (Å²) in [5.41, 5.74) is 2.26. The van der Waals surface area contributed by atoms with Gasteiger partial charge in [0.25, 0.3) is 0 Å². The number of amides is 2. The van der Waals surface area contributed by atoms with E-state index in [2.05, 4.69) is 0 Å². The van der Waals surface area contributed by atoms with Crippen LogP contribution in [0.25, 0.3) is 22.6 Å². The number of likely N-dealkylation sites (tertiary alicyclic amines) is 1. The molecule has 1 fully saturated rings. The number of piperidine rings is 1. The topological polar surface area (TPSA) is 79.0 Å². The predicted octanol–water partition coefficient (Wildman–Crippen LogP) is 5.94. The van der Waals surface area contributed by atoms with Crippen LogP contribution in [0.15, 0.2) is 46.9 Å². The molecule has 0 spiro atoms. The number of hydrogen-bond acceptors (Lipinski definition) is 5. The highest BCUT2D eigenvalue weighted by atomic mass is 35.5. The molecule has 168 valence electrons. The Morgan fingerprint density at radius 1 is 1.19 bits per heavy atom. The van der Waals surface area contributed by atoms with Gasteiger partial charge in [-0.15, -0.1) is 0 Å². The molecule has 1 N–H and O–H groups in total. The van der Waals surface area contributed by atoms with Crippen molar-refractivity contribution in [2.75, 3.05) is 27.2 Å². The Morgan fingerprint density at radius 3 is 2.47 bits per heavy atom. The average Bonchev–Trinajstić information content (AvgIpc) is 3.23. The third-order valence-corrected chi connectivity index (χ3v) is 6.12. The monoisotopic (exact) mass is 475 g/mol. The van der Waals surface area contributed by atoms with Gasteiger partial charge in [-0.3, -0.25) is 5.21 Å². The molecule has 1 aliphatic heterocycles. The van der Waals surface area contributed by atoms with E-state index >= 15 is 0 Å². The molecule has 3 aromatic rings.